The molecule has 1 aliphatic rings. The third kappa shape index (κ3) is 4.53. The summed E-state index contributed by atoms with van der Waals surface area (Å²) < 4.78 is 5.32. The van der Waals surface area contributed by atoms with Crippen molar-refractivity contribution in [3.63, 3.8) is 0 Å². The average Bonchev–Trinajstić information content (AvgIpc) is 2.87. The van der Waals surface area contributed by atoms with Crippen LogP contribution in [0.1, 0.15) is 53.7 Å². The number of anilines is 2. The zero-order valence-corrected chi connectivity index (χ0v) is 20.0. The Kier molecular flexibility index (Phi) is 6.96. The van der Waals surface area contributed by atoms with Crippen molar-refractivity contribution >= 4 is 23.2 Å². The Hall–Kier alpha value is -3.67. The van der Waals surface area contributed by atoms with Gasteiger partial charge in [0.15, 0.2) is 0 Å². The fourth-order valence-corrected chi connectivity index (χ4v) is 4.82. The van der Waals surface area contributed by atoms with E-state index < -0.39 is 5.54 Å². The summed E-state index contributed by atoms with van der Waals surface area (Å²) in [7, 11) is 1.60. The Morgan fingerprint density at radius 2 is 1.59 bits per heavy atom. The number of pyridine rings is 1. The first-order valence-corrected chi connectivity index (χ1v) is 11.7. The van der Waals surface area contributed by atoms with Crippen molar-refractivity contribution in [2.75, 3.05) is 17.3 Å². The van der Waals surface area contributed by atoms with Crippen molar-refractivity contribution in [2.45, 2.75) is 51.5 Å². The van der Waals surface area contributed by atoms with Gasteiger partial charge in [-0.1, -0.05) is 43.5 Å². The van der Waals surface area contributed by atoms with Crippen LogP contribution >= 0.6 is 0 Å². The van der Waals surface area contributed by atoms with Crippen LogP contribution in [0, 0.1) is 13.8 Å². The van der Waals surface area contributed by atoms with Crippen molar-refractivity contribution in [1.82, 2.24) is 4.98 Å². The summed E-state index contributed by atoms with van der Waals surface area (Å²) >= 11 is 0. The Bertz CT molecular complexity index is 1130. The molecule has 2 amide bonds. The van der Waals surface area contributed by atoms with Gasteiger partial charge < -0.3 is 10.1 Å². The second kappa shape index (κ2) is 10.1. The van der Waals surface area contributed by atoms with Gasteiger partial charge in [0.1, 0.15) is 17.0 Å². The number of hydrogen-bond donors (Lipinski definition) is 1. The van der Waals surface area contributed by atoms with Gasteiger partial charge in [-0.2, -0.15) is 0 Å². The van der Waals surface area contributed by atoms with Gasteiger partial charge in [-0.15, -0.1) is 0 Å². The van der Waals surface area contributed by atoms with Crippen LogP contribution in [0.5, 0.6) is 5.75 Å². The van der Waals surface area contributed by atoms with Crippen LogP contribution < -0.4 is 15.0 Å². The van der Waals surface area contributed by atoms with Crippen LogP contribution in [-0.2, 0) is 4.79 Å². The minimum atomic E-state index is -1.03. The lowest BCUT2D eigenvalue weighted by Gasteiger charge is -2.45. The zero-order chi connectivity index (χ0) is 24.1. The second-order valence-corrected chi connectivity index (χ2v) is 8.87. The summed E-state index contributed by atoms with van der Waals surface area (Å²) in [5.74, 6) is 0.237. The minimum absolute atomic E-state index is 0.162. The van der Waals surface area contributed by atoms with E-state index in [-0.39, 0.29) is 11.8 Å². The molecule has 0 radical (unpaired) electrons. The highest BCUT2D eigenvalue weighted by molar-refractivity contribution is 6.13. The number of nitrogens with one attached hydrogen (secondary N) is 1. The number of aromatic nitrogens is 1. The summed E-state index contributed by atoms with van der Waals surface area (Å²) in [5.41, 5.74) is 2.71. The normalized spacial score (nSPS) is 14.8. The van der Waals surface area contributed by atoms with Crippen molar-refractivity contribution in [2.24, 2.45) is 0 Å². The van der Waals surface area contributed by atoms with E-state index >= 15 is 0 Å². The Morgan fingerprint density at radius 1 is 0.912 bits per heavy atom. The Labute approximate surface area is 201 Å². The van der Waals surface area contributed by atoms with Gasteiger partial charge in [-0.25, -0.2) is 0 Å². The molecule has 0 saturated heterocycles. The Balaban J connectivity index is 1.83. The molecule has 176 valence electrons. The summed E-state index contributed by atoms with van der Waals surface area (Å²) in [4.78, 5) is 34.0. The van der Waals surface area contributed by atoms with E-state index in [4.69, 9.17) is 4.74 Å². The van der Waals surface area contributed by atoms with Crippen molar-refractivity contribution in [3.8, 4) is 5.75 Å². The van der Waals surface area contributed by atoms with E-state index in [0.29, 0.717) is 30.0 Å². The van der Waals surface area contributed by atoms with Crippen LogP contribution in [0.4, 0.5) is 11.4 Å². The first kappa shape index (κ1) is 23.5. The molecular weight excluding hydrogens is 426 g/mol. The molecule has 0 atom stereocenters. The Morgan fingerprint density at radius 3 is 2.18 bits per heavy atom. The third-order valence-electron chi connectivity index (χ3n) is 6.67. The standard InChI is InChI=1S/C28H31N3O3/c1-20-10-9-11-21(2)25(20)30-27(33)28(17-6-4-7-18-28)31(22-13-15-23(34-3)16-14-22)26(32)24-12-5-8-19-29-24/h5,8-16,19H,4,6-7,17-18H2,1-3H3,(H,30,33). The molecule has 1 aliphatic carbocycles. The number of methoxy groups -OCH3 is 1. The molecule has 0 bridgehead atoms. The molecule has 6 heteroatoms. The van der Waals surface area contributed by atoms with Crippen LogP contribution in [0.2, 0.25) is 0 Å². The zero-order valence-electron chi connectivity index (χ0n) is 20.0. The summed E-state index contributed by atoms with van der Waals surface area (Å²) in [6, 6.07) is 18.5. The molecule has 4 rings (SSSR count). The highest BCUT2D eigenvalue weighted by atomic mass is 16.5. The monoisotopic (exact) mass is 457 g/mol. The lowest BCUT2D eigenvalue weighted by molar-refractivity contribution is -0.122. The largest absolute Gasteiger partial charge is 0.497 e. The van der Waals surface area contributed by atoms with E-state index in [1.165, 1.54) is 0 Å². The van der Waals surface area contributed by atoms with E-state index in [1.54, 1.807) is 36.4 Å². The molecule has 0 aliphatic heterocycles. The van der Waals surface area contributed by atoms with Crippen molar-refractivity contribution in [3.05, 3.63) is 83.7 Å². The number of rotatable bonds is 6. The smallest absolute Gasteiger partial charge is 0.277 e. The average molecular weight is 458 g/mol. The van der Waals surface area contributed by atoms with E-state index in [9.17, 15) is 9.59 Å². The maximum Gasteiger partial charge on any atom is 0.277 e. The molecule has 3 aromatic rings. The molecule has 0 spiro atoms. The summed E-state index contributed by atoms with van der Waals surface area (Å²) in [6.07, 6.45) is 5.52. The minimum Gasteiger partial charge on any atom is -0.497 e. The number of carbonyl (C=O) groups excluding carboxylic acids is 2. The van der Waals surface area contributed by atoms with Crippen LogP contribution in [0.3, 0.4) is 0 Å². The lowest BCUT2D eigenvalue weighted by atomic mass is 9.78. The number of nitrogens with zero attached hydrogens (tertiary/aromatic N) is 2. The van der Waals surface area contributed by atoms with Crippen molar-refractivity contribution < 1.29 is 14.3 Å². The molecule has 6 nitrogen and oxygen atoms in total. The third-order valence-corrected chi connectivity index (χ3v) is 6.67. The van der Waals surface area contributed by atoms with Gasteiger partial charge >= 0.3 is 0 Å². The van der Waals surface area contributed by atoms with Gasteiger partial charge in [0.05, 0.1) is 7.11 Å². The summed E-state index contributed by atoms with van der Waals surface area (Å²) in [6.45, 7) is 3.97. The predicted octanol–water partition coefficient (Wildman–Crippen LogP) is 5.70. The molecule has 1 N–H and O–H groups in total. The quantitative estimate of drug-likeness (QED) is 0.516. The van der Waals surface area contributed by atoms with E-state index in [2.05, 4.69) is 10.3 Å². The molecule has 34 heavy (non-hydrogen) atoms. The van der Waals surface area contributed by atoms with Gasteiger partial charge in [0.25, 0.3) is 11.8 Å². The number of carbonyl (C=O) groups is 2. The van der Waals surface area contributed by atoms with Crippen LogP contribution in [-0.4, -0.2) is 29.4 Å². The van der Waals surface area contributed by atoms with Gasteiger partial charge in [-0.05, 0) is 74.2 Å². The van der Waals surface area contributed by atoms with E-state index in [1.807, 2.05) is 56.3 Å². The summed E-state index contributed by atoms with van der Waals surface area (Å²) in [5, 5.41) is 3.19. The molecule has 1 heterocycles. The van der Waals surface area contributed by atoms with Gasteiger partial charge in [-0.3, -0.25) is 19.5 Å². The maximum atomic E-state index is 14.1. The number of para-hydroxylation sites is 1. The first-order chi connectivity index (χ1) is 16.5. The number of aryl methyl sites for hydroxylation is 2. The van der Waals surface area contributed by atoms with E-state index in [0.717, 1.165) is 36.1 Å². The molecule has 1 fully saturated rings. The van der Waals surface area contributed by atoms with Gasteiger partial charge in [0, 0.05) is 17.6 Å². The fourth-order valence-electron chi connectivity index (χ4n) is 4.82. The molecule has 2 aromatic carbocycles. The first-order valence-electron chi connectivity index (χ1n) is 11.7. The SMILES string of the molecule is COc1ccc(N(C(=O)c2ccccn2)C2(C(=O)Nc3c(C)cccc3C)CCCCC2)cc1. The van der Waals surface area contributed by atoms with Crippen LogP contribution in [0.25, 0.3) is 0 Å². The lowest BCUT2D eigenvalue weighted by Crippen LogP contribution is -2.60. The van der Waals surface area contributed by atoms with Crippen molar-refractivity contribution in [1.29, 1.82) is 0 Å². The predicted molar refractivity (Wildman–Crippen MR) is 134 cm³/mol. The number of benzene rings is 2. The number of ether oxygens (including phenoxy) is 1. The van der Waals surface area contributed by atoms with Gasteiger partial charge in [0.2, 0.25) is 0 Å². The number of amides is 2. The molecule has 1 aromatic heterocycles. The molecule has 1 saturated carbocycles. The second-order valence-electron chi connectivity index (χ2n) is 8.87. The highest BCUT2D eigenvalue weighted by Crippen LogP contribution is 2.40. The van der Waals surface area contributed by atoms with Crippen LogP contribution in [0.15, 0.2) is 66.9 Å². The maximum absolute atomic E-state index is 14.1. The number of hydrogen-bond acceptors (Lipinski definition) is 4. The topological polar surface area (TPSA) is 71.5 Å². The highest BCUT2D eigenvalue weighted by Gasteiger charge is 2.48. The molecule has 0 unspecified atom stereocenters. The molecular formula is C28H31N3O3. The fraction of sp³-hybridized carbons (Fsp3) is 0.321.